The van der Waals surface area contributed by atoms with E-state index in [9.17, 15) is 9.59 Å². The highest BCUT2D eigenvalue weighted by molar-refractivity contribution is 9.10. The van der Waals surface area contributed by atoms with Crippen LogP contribution in [-0.2, 0) is 20.7 Å². The molecule has 0 unspecified atom stereocenters. The van der Waals surface area contributed by atoms with Gasteiger partial charge >= 0.3 is 11.9 Å². The molecule has 0 bridgehead atoms. The fraction of sp³-hybridized carbons (Fsp3) is 0.636. The van der Waals surface area contributed by atoms with Gasteiger partial charge in [-0.15, -0.1) is 0 Å². The molecule has 0 saturated heterocycles. The summed E-state index contributed by atoms with van der Waals surface area (Å²) in [4.78, 5) is 22.9. The topological polar surface area (TPSA) is 52.6 Å². The van der Waals surface area contributed by atoms with Crippen molar-refractivity contribution >= 4 is 27.9 Å². The molecule has 4 nitrogen and oxygen atoms in total. The van der Waals surface area contributed by atoms with E-state index >= 15 is 0 Å². The van der Waals surface area contributed by atoms with Crippen LogP contribution in [0, 0.1) is 17.3 Å². The molecule has 0 spiro atoms. The van der Waals surface area contributed by atoms with Gasteiger partial charge in [0.2, 0.25) is 0 Å². The number of hydrogen-bond acceptors (Lipinski definition) is 4. The Morgan fingerprint density at radius 1 is 1.11 bits per heavy atom. The van der Waals surface area contributed by atoms with Crippen LogP contribution < -0.4 is 4.74 Å². The molecule has 2 fully saturated rings. The van der Waals surface area contributed by atoms with E-state index in [4.69, 9.17) is 9.47 Å². The van der Waals surface area contributed by atoms with E-state index in [2.05, 4.69) is 28.9 Å². The third-order valence-corrected chi connectivity index (χ3v) is 7.87. The smallest absolute Gasteiger partial charge is 0.308 e. The average molecular weight is 435 g/mol. The quantitative estimate of drug-likeness (QED) is 0.476. The maximum Gasteiger partial charge on any atom is 0.308 e. The molecule has 0 N–H and O–H groups in total. The van der Waals surface area contributed by atoms with Crippen molar-refractivity contribution in [2.75, 3.05) is 0 Å². The lowest BCUT2D eigenvalue weighted by Crippen LogP contribution is -2.45. The number of fused-ring (bicyclic) bond motifs is 5. The zero-order chi connectivity index (χ0) is 19.3. The van der Waals surface area contributed by atoms with Crippen LogP contribution in [0.15, 0.2) is 16.6 Å². The Bertz CT molecular complexity index is 789. The molecule has 0 heterocycles. The van der Waals surface area contributed by atoms with Crippen LogP contribution >= 0.6 is 15.9 Å². The summed E-state index contributed by atoms with van der Waals surface area (Å²) in [5.41, 5.74) is 2.83. The van der Waals surface area contributed by atoms with E-state index in [-0.39, 0.29) is 23.5 Å². The maximum absolute atomic E-state index is 11.5. The Hall–Kier alpha value is -1.36. The van der Waals surface area contributed by atoms with Crippen molar-refractivity contribution in [2.24, 2.45) is 17.3 Å². The lowest BCUT2D eigenvalue weighted by molar-refractivity contribution is -0.154. The van der Waals surface area contributed by atoms with Gasteiger partial charge in [0.1, 0.15) is 11.9 Å². The van der Waals surface area contributed by atoms with Crippen LogP contribution in [0.5, 0.6) is 5.75 Å². The molecule has 0 radical (unpaired) electrons. The molecule has 3 aliphatic rings. The second-order valence-electron chi connectivity index (χ2n) is 8.71. The van der Waals surface area contributed by atoms with Gasteiger partial charge in [0.05, 0.1) is 4.47 Å². The minimum Gasteiger partial charge on any atom is -0.462 e. The Morgan fingerprint density at radius 2 is 1.89 bits per heavy atom. The van der Waals surface area contributed by atoms with Gasteiger partial charge in [-0.1, -0.05) is 6.92 Å². The normalized spacial score (nSPS) is 34.2. The molecule has 27 heavy (non-hydrogen) atoms. The van der Waals surface area contributed by atoms with Crippen molar-refractivity contribution in [1.29, 1.82) is 0 Å². The summed E-state index contributed by atoms with van der Waals surface area (Å²) in [6.07, 6.45) is 6.61. The number of aryl methyl sites for hydroxylation is 1. The third-order valence-electron chi connectivity index (χ3n) is 7.25. The summed E-state index contributed by atoms with van der Waals surface area (Å²) in [5.74, 6) is 1.98. The largest absolute Gasteiger partial charge is 0.462 e. The predicted octanol–water partition coefficient (Wildman–Crippen LogP) is 5.16. The van der Waals surface area contributed by atoms with E-state index < -0.39 is 0 Å². The van der Waals surface area contributed by atoms with Crippen LogP contribution in [-0.4, -0.2) is 18.0 Å². The Labute approximate surface area is 169 Å². The number of esters is 2. The van der Waals surface area contributed by atoms with E-state index in [1.807, 2.05) is 6.07 Å². The zero-order valence-electron chi connectivity index (χ0n) is 16.2. The van der Waals surface area contributed by atoms with Gasteiger partial charge in [-0.2, -0.15) is 0 Å². The number of carbonyl (C=O) groups excluding carboxylic acids is 2. The van der Waals surface area contributed by atoms with Crippen LogP contribution in [0.2, 0.25) is 0 Å². The molecular weight excluding hydrogens is 408 g/mol. The first-order chi connectivity index (χ1) is 12.8. The van der Waals surface area contributed by atoms with Crippen LogP contribution in [0.3, 0.4) is 0 Å². The first-order valence-electron chi connectivity index (χ1n) is 9.97. The van der Waals surface area contributed by atoms with Crippen molar-refractivity contribution < 1.29 is 19.1 Å². The standard InChI is InChI=1S/C22H27BrO4/c1-12(24)26-20-10-14-4-5-16-15(17(14)11-19(20)23)8-9-22(3)18(16)6-7-21(22)27-13(2)25/h10-11,15-16,18,21H,4-9H2,1-3H3/t15-,16+,18-,21-,22-/m0/s1. The molecule has 0 aliphatic heterocycles. The van der Waals surface area contributed by atoms with Gasteiger partial charge in [-0.25, -0.2) is 0 Å². The fourth-order valence-electron chi connectivity index (χ4n) is 6.15. The van der Waals surface area contributed by atoms with E-state index in [1.165, 1.54) is 25.0 Å². The van der Waals surface area contributed by atoms with Crippen molar-refractivity contribution in [1.82, 2.24) is 0 Å². The molecule has 2 saturated carbocycles. The first-order valence-corrected chi connectivity index (χ1v) is 10.8. The second-order valence-corrected chi connectivity index (χ2v) is 9.56. The van der Waals surface area contributed by atoms with Gasteiger partial charge in [0, 0.05) is 19.3 Å². The van der Waals surface area contributed by atoms with Gasteiger partial charge in [0.25, 0.3) is 0 Å². The van der Waals surface area contributed by atoms with Crippen molar-refractivity contribution in [3.63, 3.8) is 0 Å². The number of ether oxygens (including phenoxy) is 2. The van der Waals surface area contributed by atoms with Crippen molar-refractivity contribution in [3.05, 3.63) is 27.7 Å². The number of carbonyl (C=O) groups is 2. The minimum atomic E-state index is -0.291. The van der Waals surface area contributed by atoms with Gasteiger partial charge in [-0.05, 0) is 95.5 Å². The molecule has 0 aromatic heterocycles. The lowest BCUT2D eigenvalue weighted by Gasteiger charge is -2.50. The lowest BCUT2D eigenvalue weighted by atomic mass is 9.55. The number of benzene rings is 1. The number of hydrogen-bond donors (Lipinski definition) is 0. The predicted molar refractivity (Wildman–Crippen MR) is 106 cm³/mol. The van der Waals surface area contributed by atoms with Crippen molar-refractivity contribution in [2.45, 2.75) is 71.3 Å². The Balaban J connectivity index is 1.62. The third kappa shape index (κ3) is 3.22. The summed E-state index contributed by atoms with van der Waals surface area (Å²) in [6, 6.07) is 4.22. The van der Waals surface area contributed by atoms with E-state index in [0.29, 0.717) is 23.5 Å². The van der Waals surface area contributed by atoms with Gasteiger partial charge in [0.15, 0.2) is 0 Å². The summed E-state index contributed by atoms with van der Waals surface area (Å²) in [7, 11) is 0. The highest BCUT2D eigenvalue weighted by Gasteiger charge is 2.56. The minimum absolute atomic E-state index is 0.0698. The fourth-order valence-corrected chi connectivity index (χ4v) is 6.59. The molecule has 3 aliphatic carbocycles. The summed E-state index contributed by atoms with van der Waals surface area (Å²) in [5, 5.41) is 0. The molecule has 1 aromatic rings. The highest BCUT2D eigenvalue weighted by atomic mass is 79.9. The molecule has 5 atom stereocenters. The molecule has 4 rings (SSSR count). The average Bonchev–Trinajstić information content (AvgIpc) is 2.91. The first kappa shape index (κ1) is 19.0. The summed E-state index contributed by atoms with van der Waals surface area (Å²) in [6.45, 7) is 5.30. The Morgan fingerprint density at radius 3 is 2.59 bits per heavy atom. The summed E-state index contributed by atoms with van der Waals surface area (Å²) >= 11 is 3.59. The van der Waals surface area contributed by atoms with Crippen LogP contribution in [0.25, 0.3) is 0 Å². The number of rotatable bonds is 2. The molecule has 1 aromatic carbocycles. The number of halogens is 1. The highest BCUT2D eigenvalue weighted by Crippen LogP contribution is 2.61. The SMILES string of the molecule is CC(=O)Oc1cc2c(cc1Br)[C@H]1CC[C@]3(C)[C@@H](OC(C)=O)CC[C@H]3[C@@H]1CC2. The molecule has 146 valence electrons. The van der Waals surface area contributed by atoms with Gasteiger partial charge in [-0.3, -0.25) is 9.59 Å². The Kier molecular flexibility index (Phi) is 4.86. The zero-order valence-corrected chi connectivity index (χ0v) is 17.8. The van der Waals surface area contributed by atoms with Gasteiger partial charge < -0.3 is 9.47 Å². The van der Waals surface area contributed by atoms with Crippen LogP contribution in [0.1, 0.15) is 69.9 Å². The van der Waals surface area contributed by atoms with Crippen LogP contribution in [0.4, 0.5) is 0 Å². The van der Waals surface area contributed by atoms with E-state index in [0.717, 1.165) is 43.0 Å². The summed E-state index contributed by atoms with van der Waals surface area (Å²) < 4.78 is 11.9. The van der Waals surface area contributed by atoms with E-state index in [1.54, 1.807) is 0 Å². The molecule has 0 amide bonds. The second kappa shape index (κ2) is 6.91. The molecule has 5 heteroatoms. The van der Waals surface area contributed by atoms with Crippen molar-refractivity contribution in [3.8, 4) is 5.75 Å². The maximum atomic E-state index is 11.5. The monoisotopic (exact) mass is 434 g/mol. The molecular formula is C22H27BrO4.